The Balaban J connectivity index is 3.74. The molecule has 0 aliphatic carbocycles. The fraction of sp³-hybridized carbons (Fsp3) is 0.571. The second-order valence-electron chi connectivity index (χ2n) is 6.72. The smallest absolute Gasteiger partial charge is 0.276 e. The van der Waals surface area contributed by atoms with Crippen molar-refractivity contribution in [1.82, 2.24) is 0 Å². The van der Waals surface area contributed by atoms with Gasteiger partial charge in [-0.05, 0) is 23.0 Å². The van der Waals surface area contributed by atoms with Crippen LogP contribution in [0.3, 0.4) is 0 Å². The molecule has 0 saturated carbocycles. The van der Waals surface area contributed by atoms with Crippen LogP contribution in [0.4, 0.5) is 11.4 Å². The van der Waals surface area contributed by atoms with Crippen LogP contribution in [0.5, 0.6) is 0 Å². The summed E-state index contributed by atoms with van der Waals surface area (Å²) in [6, 6.07) is 3.43. The van der Waals surface area contributed by atoms with E-state index in [0.717, 1.165) is 0 Å². The Kier molecular flexibility index (Phi) is 3.43. The van der Waals surface area contributed by atoms with Gasteiger partial charge in [-0.2, -0.15) is 0 Å². The van der Waals surface area contributed by atoms with Crippen molar-refractivity contribution in [3.63, 3.8) is 0 Å². The zero-order chi connectivity index (χ0) is 14.3. The number of rotatable bonds is 1. The van der Waals surface area contributed by atoms with Gasteiger partial charge in [0.15, 0.2) is 0 Å². The van der Waals surface area contributed by atoms with E-state index in [4.69, 9.17) is 5.73 Å². The first-order valence-corrected chi connectivity index (χ1v) is 6.03. The molecule has 1 rings (SSSR count). The third-order valence-corrected chi connectivity index (χ3v) is 2.93. The fourth-order valence-electron chi connectivity index (χ4n) is 2.00. The minimum absolute atomic E-state index is 0.198. The Morgan fingerprint density at radius 1 is 1.00 bits per heavy atom. The molecule has 0 unspecified atom stereocenters. The summed E-state index contributed by atoms with van der Waals surface area (Å²) in [4.78, 5) is 11.1. The van der Waals surface area contributed by atoms with Crippen LogP contribution in [0.2, 0.25) is 0 Å². The Morgan fingerprint density at radius 3 is 1.56 bits per heavy atom. The molecule has 0 atom stereocenters. The summed E-state index contributed by atoms with van der Waals surface area (Å²) < 4.78 is 0. The molecule has 18 heavy (non-hydrogen) atoms. The predicted octanol–water partition coefficient (Wildman–Crippen LogP) is 3.77. The highest BCUT2D eigenvalue weighted by atomic mass is 16.6. The van der Waals surface area contributed by atoms with Gasteiger partial charge in [0.25, 0.3) is 5.69 Å². The average molecular weight is 250 g/mol. The second-order valence-corrected chi connectivity index (χ2v) is 6.72. The number of nitrogens with two attached hydrogens (primary N) is 1. The molecular weight excluding hydrogens is 228 g/mol. The first-order valence-electron chi connectivity index (χ1n) is 6.03. The molecule has 0 spiro atoms. The summed E-state index contributed by atoms with van der Waals surface area (Å²) in [6.07, 6.45) is 0. The van der Waals surface area contributed by atoms with E-state index in [0.29, 0.717) is 16.8 Å². The zero-order valence-corrected chi connectivity index (χ0v) is 12.0. The molecule has 1 aromatic rings. The Bertz CT molecular complexity index is 445. The molecule has 1 aromatic carbocycles. The number of hydrogen-bond donors (Lipinski definition) is 1. The number of benzene rings is 1. The lowest BCUT2D eigenvalue weighted by molar-refractivity contribution is -0.387. The maximum Gasteiger partial charge on any atom is 0.276 e. The zero-order valence-electron chi connectivity index (χ0n) is 12.0. The maximum atomic E-state index is 11.4. The van der Waals surface area contributed by atoms with E-state index >= 15 is 0 Å². The summed E-state index contributed by atoms with van der Waals surface area (Å²) in [5.41, 5.74) is 7.45. The number of nitro benzene ring substituents is 1. The lowest BCUT2D eigenvalue weighted by Gasteiger charge is -2.25. The van der Waals surface area contributed by atoms with Crippen molar-refractivity contribution in [3.05, 3.63) is 33.4 Å². The molecule has 0 aliphatic heterocycles. The van der Waals surface area contributed by atoms with Crippen LogP contribution in [-0.2, 0) is 10.8 Å². The molecule has 0 aromatic heterocycles. The highest BCUT2D eigenvalue weighted by Gasteiger charge is 2.33. The second kappa shape index (κ2) is 4.26. The van der Waals surface area contributed by atoms with Crippen LogP contribution < -0.4 is 5.73 Å². The number of hydrogen-bond acceptors (Lipinski definition) is 3. The van der Waals surface area contributed by atoms with Gasteiger partial charge in [-0.1, -0.05) is 41.5 Å². The highest BCUT2D eigenvalue weighted by molar-refractivity contribution is 5.61. The van der Waals surface area contributed by atoms with Gasteiger partial charge in [0.05, 0.1) is 4.92 Å². The van der Waals surface area contributed by atoms with Gasteiger partial charge in [-0.25, -0.2) is 0 Å². The Hall–Kier alpha value is -1.58. The van der Waals surface area contributed by atoms with Crippen molar-refractivity contribution in [1.29, 1.82) is 0 Å². The maximum absolute atomic E-state index is 11.4. The van der Waals surface area contributed by atoms with E-state index in [1.165, 1.54) is 0 Å². The molecule has 0 radical (unpaired) electrons. The minimum atomic E-state index is -0.308. The van der Waals surface area contributed by atoms with Gasteiger partial charge in [-0.15, -0.1) is 0 Å². The van der Waals surface area contributed by atoms with E-state index in [2.05, 4.69) is 0 Å². The standard InChI is InChI=1S/C14H22N2O2/c1-13(2,3)10-7-9(15)8-11(14(4,5)6)12(10)16(17)18/h7-8H,15H2,1-6H3. The van der Waals surface area contributed by atoms with Crippen LogP contribution in [0.25, 0.3) is 0 Å². The molecule has 0 saturated heterocycles. The third kappa shape index (κ3) is 2.81. The van der Waals surface area contributed by atoms with Crippen LogP contribution in [-0.4, -0.2) is 4.92 Å². The summed E-state index contributed by atoms with van der Waals surface area (Å²) in [5.74, 6) is 0. The van der Waals surface area contributed by atoms with Crippen molar-refractivity contribution in [2.75, 3.05) is 5.73 Å². The molecular formula is C14H22N2O2. The van der Waals surface area contributed by atoms with Crippen molar-refractivity contribution < 1.29 is 4.92 Å². The van der Waals surface area contributed by atoms with Gasteiger partial charge < -0.3 is 5.73 Å². The van der Waals surface area contributed by atoms with Crippen molar-refractivity contribution in [3.8, 4) is 0 Å². The predicted molar refractivity (Wildman–Crippen MR) is 74.9 cm³/mol. The highest BCUT2D eigenvalue weighted by Crippen LogP contribution is 2.40. The summed E-state index contributed by atoms with van der Waals surface area (Å²) >= 11 is 0. The Morgan fingerprint density at radius 2 is 1.33 bits per heavy atom. The van der Waals surface area contributed by atoms with Gasteiger partial charge >= 0.3 is 0 Å². The summed E-state index contributed by atoms with van der Waals surface area (Å²) in [7, 11) is 0. The van der Waals surface area contributed by atoms with Gasteiger partial charge in [-0.3, -0.25) is 10.1 Å². The lowest BCUT2D eigenvalue weighted by atomic mass is 9.78. The number of nitrogen functional groups attached to an aromatic ring is 1. The number of nitro groups is 1. The summed E-state index contributed by atoms with van der Waals surface area (Å²) in [6.45, 7) is 11.8. The van der Waals surface area contributed by atoms with Crippen LogP contribution in [0.15, 0.2) is 12.1 Å². The van der Waals surface area contributed by atoms with E-state index in [-0.39, 0.29) is 21.4 Å². The van der Waals surface area contributed by atoms with Gasteiger partial charge in [0, 0.05) is 16.8 Å². The Labute approximate surface area is 108 Å². The fourth-order valence-corrected chi connectivity index (χ4v) is 2.00. The number of nitrogens with zero attached hydrogens (tertiary/aromatic N) is 1. The molecule has 0 amide bonds. The minimum Gasteiger partial charge on any atom is -0.399 e. The van der Waals surface area contributed by atoms with Gasteiger partial charge in [0.2, 0.25) is 0 Å². The SMILES string of the molecule is CC(C)(C)c1cc(N)cc(C(C)(C)C)c1[N+](=O)[O-]. The summed E-state index contributed by atoms with van der Waals surface area (Å²) in [5, 5.41) is 11.4. The van der Waals surface area contributed by atoms with E-state index in [9.17, 15) is 10.1 Å². The van der Waals surface area contributed by atoms with E-state index in [1.54, 1.807) is 12.1 Å². The van der Waals surface area contributed by atoms with Crippen LogP contribution in [0.1, 0.15) is 52.7 Å². The lowest BCUT2D eigenvalue weighted by Crippen LogP contribution is -2.20. The first-order chi connectivity index (χ1) is 7.94. The molecule has 2 N–H and O–H groups in total. The van der Waals surface area contributed by atoms with Gasteiger partial charge in [0.1, 0.15) is 0 Å². The molecule has 0 aliphatic rings. The van der Waals surface area contributed by atoms with E-state index < -0.39 is 0 Å². The molecule has 4 nitrogen and oxygen atoms in total. The molecule has 0 heterocycles. The van der Waals surface area contributed by atoms with Crippen LogP contribution >= 0.6 is 0 Å². The number of anilines is 1. The quantitative estimate of drug-likeness (QED) is 0.468. The monoisotopic (exact) mass is 250 g/mol. The average Bonchev–Trinajstić information content (AvgIpc) is 2.12. The van der Waals surface area contributed by atoms with Crippen molar-refractivity contribution in [2.45, 2.75) is 52.4 Å². The van der Waals surface area contributed by atoms with Crippen molar-refractivity contribution in [2.24, 2.45) is 0 Å². The van der Waals surface area contributed by atoms with Crippen LogP contribution in [0, 0.1) is 10.1 Å². The normalized spacial score (nSPS) is 12.6. The van der Waals surface area contributed by atoms with Crippen molar-refractivity contribution >= 4 is 11.4 Å². The van der Waals surface area contributed by atoms with E-state index in [1.807, 2.05) is 41.5 Å². The molecule has 0 fully saturated rings. The topological polar surface area (TPSA) is 69.2 Å². The first kappa shape index (κ1) is 14.5. The molecule has 0 bridgehead atoms. The third-order valence-electron chi connectivity index (χ3n) is 2.93. The largest absolute Gasteiger partial charge is 0.399 e. The molecule has 100 valence electrons. The molecule has 4 heteroatoms.